The molecular formula is C23H18F5N5O. The van der Waals surface area contributed by atoms with Gasteiger partial charge in [0.2, 0.25) is 0 Å². The van der Waals surface area contributed by atoms with Gasteiger partial charge in [-0.15, -0.1) is 0 Å². The molecule has 2 aliphatic rings. The van der Waals surface area contributed by atoms with Gasteiger partial charge in [0, 0.05) is 31.2 Å². The topological polar surface area (TPSA) is 71.0 Å². The van der Waals surface area contributed by atoms with Crippen molar-refractivity contribution in [1.29, 1.82) is 0 Å². The van der Waals surface area contributed by atoms with Crippen LogP contribution in [0.25, 0.3) is 11.4 Å². The number of aromatic nitrogens is 3. The van der Waals surface area contributed by atoms with Crippen molar-refractivity contribution in [3.05, 3.63) is 71.7 Å². The highest BCUT2D eigenvalue weighted by Gasteiger charge is 2.48. The van der Waals surface area contributed by atoms with Crippen LogP contribution in [-0.2, 0) is 6.18 Å². The fourth-order valence-electron chi connectivity index (χ4n) is 4.80. The number of carbonyl (C=O) groups is 1. The van der Waals surface area contributed by atoms with Crippen LogP contribution in [0.2, 0.25) is 0 Å². The first kappa shape index (κ1) is 22.2. The second-order valence-electron chi connectivity index (χ2n) is 8.40. The number of nitrogens with zero attached hydrogens (tertiary/aromatic N) is 4. The molecule has 1 N–H and O–H groups in total. The van der Waals surface area contributed by atoms with Gasteiger partial charge in [0.15, 0.2) is 17.5 Å². The zero-order chi connectivity index (χ0) is 24.0. The number of alkyl halides is 3. The molecule has 5 rings (SSSR count). The third kappa shape index (κ3) is 3.95. The maximum Gasteiger partial charge on any atom is 0.417 e. The predicted molar refractivity (Wildman–Crippen MR) is 112 cm³/mol. The zero-order valence-corrected chi connectivity index (χ0v) is 17.6. The molecule has 6 nitrogen and oxygen atoms in total. The summed E-state index contributed by atoms with van der Waals surface area (Å²) >= 11 is 0. The molecule has 0 radical (unpaired) electrons. The number of hydrogen-bond acceptors (Lipinski definition) is 5. The second-order valence-corrected chi connectivity index (χ2v) is 8.40. The van der Waals surface area contributed by atoms with Gasteiger partial charge in [0.05, 0.1) is 22.7 Å². The summed E-state index contributed by atoms with van der Waals surface area (Å²) in [6.07, 6.45) is 0.0128. The minimum atomic E-state index is -4.70. The molecule has 2 bridgehead atoms. The maximum absolute atomic E-state index is 14.7. The number of halogens is 5. The molecule has 0 spiro atoms. The summed E-state index contributed by atoms with van der Waals surface area (Å²) in [6, 6.07) is 5.37. The average molecular weight is 475 g/mol. The van der Waals surface area contributed by atoms with Crippen molar-refractivity contribution in [1.82, 2.24) is 19.9 Å². The van der Waals surface area contributed by atoms with E-state index in [1.54, 1.807) is 11.0 Å². The Hall–Kier alpha value is -3.63. The molecule has 1 aromatic carbocycles. The first-order valence-electron chi connectivity index (χ1n) is 10.6. The van der Waals surface area contributed by atoms with Crippen LogP contribution in [-0.4, -0.2) is 44.4 Å². The lowest BCUT2D eigenvalue weighted by molar-refractivity contribution is -0.138. The molecule has 3 heterocycles. The quantitative estimate of drug-likeness (QED) is 0.561. The highest BCUT2D eigenvalue weighted by Crippen LogP contribution is 2.41. The van der Waals surface area contributed by atoms with E-state index in [-0.39, 0.29) is 34.7 Å². The van der Waals surface area contributed by atoms with Crippen LogP contribution in [0.5, 0.6) is 0 Å². The predicted octanol–water partition coefficient (Wildman–Crippen LogP) is 4.55. The maximum atomic E-state index is 14.7. The van der Waals surface area contributed by atoms with Gasteiger partial charge in [0.1, 0.15) is 5.82 Å². The lowest BCUT2D eigenvalue weighted by atomic mass is 10.0. The van der Waals surface area contributed by atoms with E-state index in [1.165, 1.54) is 30.6 Å². The second kappa shape index (κ2) is 8.30. The lowest BCUT2D eigenvalue weighted by Gasteiger charge is -2.34. The lowest BCUT2D eigenvalue weighted by Crippen LogP contribution is -2.48. The molecule has 1 aliphatic heterocycles. The molecule has 2 fully saturated rings. The Morgan fingerprint density at radius 2 is 1.79 bits per heavy atom. The van der Waals surface area contributed by atoms with E-state index in [2.05, 4.69) is 20.3 Å². The van der Waals surface area contributed by atoms with E-state index in [1.807, 2.05) is 0 Å². The van der Waals surface area contributed by atoms with Crippen LogP contribution in [0.15, 0.2) is 48.9 Å². The summed E-state index contributed by atoms with van der Waals surface area (Å²) in [5, 5.41) is 2.87. The Labute approximate surface area is 190 Å². The van der Waals surface area contributed by atoms with Gasteiger partial charge in [-0.3, -0.25) is 4.79 Å². The molecule has 1 saturated carbocycles. The number of likely N-dealkylation sites (tertiary alicyclic amines) is 1. The minimum Gasteiger partial charge on any atom is -0.363 e. The Bertz CT molecular complexity index is 1240. The summed E-state index contributed by atoms with van der Waals surface area (Å²) in [4.78, 5) is 26.8. The van der Waals surface area contributed by atoms with Crippen LogP contribution in [0.4, 0.5) is 27.8 Å². The number of amides is 1. The van der Waals surface area contributed by atoms with E-state index in [0.717, 1.165) is 0 Å². The smallest absolute Gasteiger partial charge is 0.363 e. The number of fused-ring (bicyclic) bond motifs is 2. The number of rotatable bonds is 4. The van der Waals surface area contributed by atoms with Gasteiger partial charge < -0.3 is 10.2 Å². The van der Waals surface area contributed by atoms with Gasteiger partial charge in [0.25, 0.3) is 5.91 Å². The number of anilines is 1. The average Bonchev–Trinajstić information content (AvgIpc) is 3.40. The van der Waals surface area contributed by atoms with Crippen molar-refractivity contribution in [3.8, 4) is 11.4 Å². The molecule has 2 aromatic heterocycles. The fraction of sp³-hybridized carbons (Fsp3) is 0.304. The number of pyridine rings is 1. The summed E-state index contributed by atoms with van der Waals surface area (Å²) < 4.78 is 67.4. The fourth-order valence-corrected chi connectivity index (χ4v) is 4.80. The first-order chi connectivity index (χ1) is 16.2. The van der Waals surface area contributed by atoms with E-state index in [9.17, 15) is 26.7 Å². The molecule has 2 unspecified atom stereocenters. The van der Waals surface area contributed by atoms with Crippen LogP contribution in [0, 0.1) is 17.6 Å². The van der Waals surface area contributed by atoms with Crippen LogP contribution in [0.3, 0.4) is 0 Å². The Morgan fingerprint density at radius 1 is 1.03 bits per heavy atom. The first-order valence-corrected chi connectivity index (χ1v) is 10.6. The van der Waals surface area contributed by atoms with E-state index in [4.69, 9.17) is 0 Å². The summed E-state index contributed by atoms with van der Waals surface area (Å²) in [5.74, 6) is -2.27. The van der Waals surface area contributed by atoms with Crippen LogP contribution in [0.1, 0.15) is 28.8 Å². The van der Waals surface area contributed by atoms with Crippen LogP contribution >= 0.6 is 0 Å². The standard InChI is InChI=1S/C23H18F5N5O/c24-15-4-1-3-14(19(15)21-29-5-2-6-30-21)22(34)33-11-12-7-17(18(33)8-12)32-20-16(25)9-13(10-31-20)23(26,27)28/h1-6,9-10,12,17-18H,7-8,11H2,(H,31,32)/t12-,17?,18?/m0/s1. The summed E-state index contributed by atoms with van der Waals surface area (Å²) in [6.45, 7) is 0.441. The van der Waals surface area contributed by atoms with Gasteiger partial charge in [-0.1, -0.05) is 6.07 Å². The number of nitrogens with one attached hydrogen (secondary N) is 1. The van der Waals surface area contributed by atoms with Gasteiger partial charge in [-0.05, 0) is 43.0 Å². The molecule has 11 heteroatoms. The number of carbonyl (C=O) groups excluding carboxylic acids is 1. The summed E-state index contributed by atoms with van der Waals surface area (Å²) in [7, 11) is 0. The molecule has 176 valence electrons. The Kier molecular flexibility index (Phi) is 5.41. The molecule has 1 amide bonds. The Balaban J connectivity index is 1.40. The van der Waals surface area contributed by atoms with Gasteiger partial charge in [-0.25, -0.2) is 23.7 Å². The summed E-state index contributed by atoms with van der Waals surface area (Å²) in [5.41, 5.74) is -1.07. The SMILES string of the molecule is O=C(c1cccc(F)c1-c1ncccn1)N1C[C@H]2CC(Nc3ncc(C(F)(F)F)cc3F)C1C2. The zero-order valence-electron chi connectivity index (χ0n) is 17.6. The molecule has 1 aliphatic carbocycles. The van der Waals surface area contributed by atoms with Crippen molar-refractivity contribution in [2.75, 3.05) is 11.9 Å². The Morgan fingerprint density at radius 3 is 2.47 bits per heavy atom. The molecule has 3 atom stereocenters. The van der Waals surface area contributed by atoms with E-state index < -0.39 is 35.3 Å². The molecule has 1 saturated heterocycles. The van der Waals surface area contributed by atoms with Crippen molar-refractivity contribution in [2.24, 2.45) is 5.92 Å². The van der Waals surface area contributed by atoms with Crippen molar-refractivity contribution in [3.63, 3.8) is 0 Å². The third-order valence-electron chi connectivity index (χ3n) is 6.27. The normalized spacial score (nSPS) is 21.7. The highest BCUT2D eigenvalue weighted by atomic mass is 19.4. The van der Waals surface area contributed by atoms with Crippen molar-refractivity contribution < 1.29 is 26.7 Å². The van der Waals surface area contributed by atoms with E-state index >= 15 is 0 Å². The minimum absolute atomic E-state index is 0.00386. The largest absolute Gasteiger partial charge is 0.417 e. The monoisotopic (exact) mass is 475 g/mol. The molecule has 34 heavy (non-hydrogen) atoms. The van der Waals surface area contributed by atoms with Gasteiger partial charge >= 0.3 is 6.18 Å². The number of benzene rings is 1. The number of hydrogen-bond donors (Lipinski definition) is 1. The molecular weight excluding hydrogens is 457 g/mol. The third-order valence-corrected chi connectivity index (χ3v) is 6.27. The van der Waals surface area contributed by atoms with E-state index in [0.29, 0.717) is 31.6 Å². The van der Waals surface area contributed by atoms with Crippen molar-refractivity contribution >= 4 is 11.7 Å². The van der Waals surface area contributed by atoms with Crippen LogP contribution < -0.4 is 5.32 Å². The highest BCUT2D eigenvalue weighted by molar-refractivity contribution is 6.00. The van der Waals surface area contributed by atoms with Gasteiger partial charge in [-0.2, -0.15) is 13.2 Å². The number of piperidine rings is 1. The molecule has 3 aromatic rings. The van der Waals surface area contributed by atoms with Crippen molar-refractivity contribution in [2.45, 2.75) is 31.1 Å².